The predicted molar refractivity (Wildman–Crippen MR) is 78.9 cm³/mol. The Morgan fingerprint density at radius 2 is 1.72 bits per heavy atom. The molecule has 0 bridgehead atoms. The van der Waals surface area contributed by atoms with Gasteiger partial charge >= 0.3 is 0 Å². The van der Waals surface area contributed by atoms with Gasteiger partial charge < -0.3 is 5.32 Å². The van der Waals surface area contributed by atoms with Crippen molar-refractivity contribution in [2.75, 3.05) is 19.6 Å². The third kappa shape index (κ3) is 3.71. The molecule has 2 saturated carbocycles. The normalized spacial score (nSPS) is 33.0. The summed E-state index contributed by atoms with van der Waals surface area (Å²) in [7, 11) is 0. The van der Waals surface area contributed by atoms with Crippen molar-refractivity contribution in [3.8, 4) is 0 Å². The molecule has 2 nitrogen and oxygen atoms in total. The minimum Gasteiger partial charge on any atom is -0.313 e. The van der Waals surface area contributed by atoms with Crippen LogP contribution in [0.5, 0.6) is 0 Å². The van der Waals surface area contributed by atoms with Gasteiger partial charge in [-0.2, -0.15) is 0 Å². The first-order valence-electron chi connectivity index (χ1n) is 8.25. The average molecular weight is 252 g/mol. The van der Waals surface area contributed by atoms with Gasteiger partial charge in [-0.25, -0.2) is 0 Å². The monoisotopic (exact) mass is 252 g/mol. The summed E-state index contributed by atoms with van der Waals surface area (Å²) in [5.41, 5.74) is 0. The Labute approximate surface area is 114 Å². The molecule has 0 amide bonds. The van der Waals surface area contributed by atoms with Gasteiger partial charge in [0.2, 0.25) is 0 Å². The molecule has 3 atom stereocenters. The molecule has 106 valence electrons. The molecule has 2 fully saturated rings. The van der Waals surface area contributed by atoms with E-state index in [1.54, 1.807) is 0 Å². The summed E-state index contributed by atoms with van der Waals surface area (Å²) in [5.74, 6) is 1.99. The van der Waals surface area contributed by atoms with Crippen molar-refractivity contribution in [3.63, 3.8) is 0 Å². The molecule has 3 unspecified atom stereocenters. The third-order valence-electron chi connectivity index (χ3n) is 5.03. The lowest BCUT2D eigenvalue weighted by atomic mass is 9.80. The topological polar surface area (TPSA) is 15.3 Å². The molecule has 2 aliphatic carbocycles. The Morgan fingerprint density at radius 3 is 2.28 bits per heavy atom. The van der Waals surface area contributed by atoms with Gasteiger partial charge in [0.15, 0.2) is 0 Å². The van der Waals surface area contributed by atoms with Crippen LogP contribution in [-0.4, -0.2) is 36.6 Å². The number of hydrogen-bond donors (Lipinski definition) is 1. The highest BCUT2D eigenvalue weighted by molar-refractivity contribution is 4.92. The molecular weight excluding hydrogens is 220 g/mol. The van der Waals surface area contributed by atoms with Crippen LogP contribution < -0.4 is 5.32 Å². The van der Waals surface area contributed by atoms with Gasteiger partial charge in [0.05, 0.1) is 0 Å². The van der Waals surface area contributed by atoms with E-state index in [2.05, 4.69) is 31.0 Å². The van der Waals surface area contributed by atoms with E-state index in [0.717, 1.165) is 30.5 Å². The van der Waals surface area contributed by atoms with Gasteiger partial charge in [-0.05, 0) is 57.0 Å². The molecule has 2 rings (SSSR count). The Hall–Kier alpha value is -0.0800. The first-order chi connectivity index (χ1) is 8.78. The second-order valence-electron chi connectivity index (χ2n) is 6.35. The maximum Gasteiger partial charge on any atom is 0.0251 e. The molecular formula is C16H32N2. The molecule has 1 N–H and O–H groups in total. The maximum atomic E-state index is 3.75. The van der Waals surface area contributed by atoms with Crippen molar-refractivity contribution in [2.45, 2.75) is 71.4 Å². The lowest BCUT2D eigenvalue weighted by Gasteiger charge is -2.43. The SMILES string of the molecule is CCNC1CCC(CC)CC1N(CC)CC1CC1. The number of nitrogens with one attached hydrogen (secondary N) is 1. The van der Waals surface area contributed by atoms with E-state index < -0.39 is 0 Å². The Balaban J connectivity index is 1.96. The van der Waals surface area contributed by atoms with E-state index in [9.17, 15) is 0 Å². The fourth-order valence-corrected chi connectivity index (χ4v) is 3.64. The fraction of sp³-hybridized carbons (Fsp3) is 1.00. The fourth-order valence-electron chi connectivity index (χ4n) is 3.64. The van der Waals surface area contributed by atoms with Crippen LogP contribution in [0, 0.1) is 11.8 Å². The lowest BCUT2D eigenvalue weighted by molar-refractivity contribution is 0.0963. The van der Waals surface area contributed by atoms with Crippen LogP contribution in [0.3, 0.4) is 0 Å². The minimum atomic E-state index is 0.747. The maximum absolute atomic E-state index is 3.75. The summed E-state index contributed by atoms with van der Waals surface area (Å²) in [4.78, 5) is 2.78. The molecule has 0 aromatic carbocycles. The summed E-state index contributed by atoms with van der Waals surface area (Å²) in [6, 6.07) is 1.55. The largest absolute Gasteiger partial charge is 0.313 e. The van der Waals surface area contributed by atoms with E-state index in [-0.39, 0.29) is 0 Å². The van der Waals surface area contributed by atoms with E-state index in [4.69, 9.17) is 0 Å². The van der Waals surface area contributed by atoms with Gasteiger partial charge in [-0.3, -0.25) is 4.90 Å². The van der Waals surface area contributed by atoms with Crippen LogP contribution in [-0.2, 0) is 0 Å². The van der Waals surface area contributed by atoms with Gasteiger partial charge in [0.25, 0.3) is 0 Å². The van der Waals surface area contributed by atoms with E-state index >= 15 is 0 Å². The minimum absolute atomic E-state index is 0.747. The molecule has 0 spiro atoms. The Morgan fingerprint density at radius 1 is 1.00 bits per heavy atom. The van der Waals surface area contributed by atoms with Crippen molar-refractivity contribution in [3.05, 3.63) is 0 Å². The van der Waals surface area contributed by atoms with Gasteiger partial charge in [0, 0.05) is 18.6 Å². The van der Waals surface area contributed by atoms with Crippen molar-refractivity contribution in [1.29, 1.82) is 0 Å². The zero-order chi connectivity index (χ0) is 13.0. The highest BCUT2D eigenvalue weighted by Crippen LogP contribution is 2.34. The first kappa shape index (κ1) is 14.3. The Kier molecular flexibility index (Phi) is 5.50. The summed E-state index contributed by atoms with van der Waals surface area (Å²) < 4.78 is 0. The van der Waals surface area contributed by atoms with E-state index in [0.29, 0.717) is 0 Å². The van der Waals surface area contributed by atoms with Gasteiger partial charge in [-0.1, -0.05) is 27.2 Å². The summed E-state index contributed by atoms with van der Waals surface area (Å²) in [5, 5.41) is 3.75. The van der Waals surface area contributed by atoms with Crippen molar-refractivity contribution < 1.29 is 0 Å². The summed E-state index contributed by atoms with van der Waals surface area (Å²) >= 11 is 0. The molecule has 0 heterocycles. The zero-order valence-corrected chi connectivity index (χ0v) is 12.6. The van der Waals surface area contributed by atoms with Gasteiger partial charge in [-0.15, -0.1) is 0 Å². The van der Waals surface area contributed by atoms with Crippen molar-refractivity contribution in [1.82, 2.24) is 10.2 Å². The summed E-state index contributed by atoms with van der Waals surface area (Å²) in [6.07, 6.45) is 8.58. The van der Waals surface area contributed by atoms with Crippen LogP contribution in [0.2, 0.25) is 0 Å². The quantitative estimate of drug-likeness (QED) is 0.748. The van der Waals surface area contributed by atoms with Crippen LogP contribution in [0.1, 0.15) is 59.3 Å². The predicted octanol–water partition coefficient (Wildman–Crippen LogP) is 3.28. The molecule has 18 heavy (non-hydrogen) atoms. The second kappa shape index (κ2) is 6.91. The molecule has 0 aliphatic heterocycles. The number of rotatable bonds is 7. The van der Waals surface area contributed by atoms with Crippen LogP contribution >= 0.6 is 0 Å². The molecule has 0 saturated heterocycles. The molecule has 2 aliphatic rings. The van der Waals surface area contributed by atoms with Gasteiger partial charge in [0.1, 0.15) is 0 Å². The first-order valence-corrected chi connectivity index (χ1v) is 8.25. The van der Waals surface area contributed by atoms with E-state index in [1.807, 2.05) is 0 Å². The zero-order valence-electron chi connectivity index (χ0n) is 12.6. The Bertz CT molecular complexity index is 237. The van der Waals surface area contributed by atoms with E-state index in [1.165, 1.54) is 51.6 Å². The van der Waals surface area contributed by atoms with Crippen molar-refractivity contribution >= 4 is 0 Å². The van der Waals surface area contributed by atoms with Crippen LogP contribution in [0.25, 0.3) is 0 Å². The van der Waals surface area contributed by atoms with Crippen LogP contribution in [0.15, 0.2) is 0 Å². The average Bonchev–Trinajstić information content (AvgIpc) is 3.21. The smallest absolute Gasteiger partial charge is 0.0251 e. The third-order valence-corrected chi connectivity index (χ3v) is 5.03. The summed E-state index contributed by atoms with van der Waals surface area (Å²) in [6.45, 7) is 10.7. The lowest BCUT2D eigenvalue weighted by Crippen LogP contribution is -2.53. The molecule has 2 heteroatoms. The number of likely N-dealkylation sites (N-methyl/N-ethyl adjacent to an activating group) is 2. The number of hydrogen-bond acceptors (Lipinski definition) is 2. The number of nitrogens with zero attached hydrogens (tertiary/aromatic N) is 1. The van der Waals surface area contributed by atoms with Crippen molar-refractivity contribution in [2.24, 2.45) is 11.8 Å². The second-order valence-corrected chi connectivity index (χ2v) is 6.35. The molecule has 0 radical (unpaired) electrons. The standard InChI is InChI=1S/C16H32N2/c1-4-13-9-10-15(17-5-2)16(11-13)18(6-3)12-14-7-8-14/h13-17H,4-12H2,1-3H3. The molecule has 0 aromatic heterocycles. The molecule has 0 aromatic rings. The highest BCUT2D eigenvalue weighted by atomic mass is 15.2. The highest BCUT2D eigenvalue weighted by Gasteiger charge is 2.35. The van der Waals surface area contributed by atoms with Crippen LogP contribution in [0.4, 0.5) is 0 Å².